The first kappa shape index (κ1) is 17.9. The second kappa shape index (κ2) is 7.55. The van der Waals surface area contributed by atoms with E-state index in [1.165, 1.54) is 4.90 Å². The minimum atomic E-state index is -1.60. The van der Waals surface area contributed by atoms with E-state index in [1.807, 2.05) is 24.3 Å². The van der Waals surface area contributed by atoms with Gasteiger partial charge in [0.15, 0.2) is 17.5 Å². The second-order valence-electron chi connectivity index (χ2n) is 5.83. The summed E-state index contributed by atoms with van der Waals surface area (Å²) in [5.41, 5.74) is 0.629. The highest BCUT2D eigenvalue weighted by Crippen LogP contribution is 2.22. The van der Waals surface area contributed by atoms with Gasteiger partial charge < -0.3 is 19.9 Å². The van der Waals surface area contributed by atoms with Crippen molar-refractivity contribution in [2.45, 2.75) is 0 Å². The fourth-order valence-corrected chi connectivity index (χ4v) is 2.78. The van der Waals surface area contributed by atoms with E-state index in [1.54, 1.807) is 7.11 Å². The molecule has 1 fully saturated rings. The number of hydrogen-bond donors (Lipinski definition) is 1. The van der Waals surface area contributed by atoms with Crippen LogP contribution < -0.4 is 15.0 Å². The van der Waals surface area contributed by atoms with Crippen molar-refractivity contribution >= 4 is 17.4 Å². The van der Waals surface area contributed by atoms with Crippen molar-refractivity contribution in [3.8, 4) is 5.75 Å². The molecule has 0 spiro atoms. The quantitative estimate of drug-likeness (QED) is 0.848. The monoisotopic (exact) mass is 365 g/mol. The van der Waals surface area contributed by atoms with Gasteiger partial charge in [-0.3, -0.25) is 0 Å². The molecule has 0 atom stereocenters. The van der Waals surface area contributed by atoms with Crippen molar-refractivity contribution in [2.75, 3.05) is 43.5 Å². The highest BCUT2D eigenvalue weighted by molar-refractivity contribution is 5.89. The number of benzene rings is 2. The molecular formula is C18H18F3N3O2. The molecule has 0 bridgehead atoms. The van der Waals surface area contributed by atoms with Gasteiger partial charge in [0.2, 0.25) is 0 Å². The minimum Gasteiger partial charge on any atom is -0.497 e. The molecule has 3 rings (SSSR count). The molecule has 0 aliphatic carbocycles. The molecule has 26 heavy (non-hydrogen) atoms. The van der Waals surface area contributed by atoms with E-state index < -0.39 is 23.5 Å². The van der Waals surface area contributed by atoms with Crippen molar-refractivity contribution < 1.29 is 22.7 Å². The average Bonchev–Trinajstić information content (AvgIpc) is 2.68. The predicted octanol–water partition coefficient (Wildman–Crippen LogP) is 3.47. The molecule has 138 valence electrons. The van der Waals surface area contributed by atoms with Gasteiger partial charge in [0.25, 0.3) is 0 Å². The Hall–Kier alpha value is -2.90. The number of urea groups is 1. The van der Waals surface area contributed by atoms with Gasteiger partial charge in [-0.25, -0.2) is 18.0 Å². The number of amides is 2. The van der Waals surface area contributed by atoms with Crippen LogP contribution in [0.25, 0.3) is 0 Å². The van der Waals surface area contributed by atoms with Gasteiger partial charge in [-0.1, -0.05) is 0 Å². The molecule has 2 amide bonds. The zero-order valence-electron chi connectivity index (χ0n) is 14.1. The van der Waals surface area contributed by atoms with Crippen molar-refractivity contribution in [1.29, 1.82) is 0 Å². The number of nitrogens with one attached hydrogen (secondary N) is 1. The summed E-state index contributed by atoms with van der Waals surface area (Å²) in [5.74, 6) is -3.55. The fraction of sp³-hybridized carbons (Fsp3) is 0.278. The third-order valence-corrected chi connectivity index (χ3v) is 4.28. The first-order valence-electron chi connectivity index (χ1n) is 8.08. The average molecular weight is 365 g/mol. The van der Waals surface area contributed by atoms with Crippen LogP contribution in [0.3, 0.4) is 0 Å². The number of piperazine rings is 1. The molecule has 1 N–H and O–H groups in total. The maximum Gasteiger partial charge on any atom is 0.322 e. The summed E-state index contributed by atoms with van der Waals surface area (Å²) in [6.45, 7) is 2.03. The molecule has 0 saturated carbocycles. The third-order valence-electron chi connectivity index (χ3n) is 4.28. The van der Waals surface area contributed by atoms with Gasteiger partial charge in [0, 0.05) is 31.9 Å². The van der Waals surface area contributed by atoms with Crippen LogP contribution in [-0.4, -0.2) is 44.2 Å². The highest BCUT2D eigenvalue weighted by atomic mass is 19.2. The fourth-order valence-electron chi connectivity index (χ4n) is 2.78. The summed E-state index contributed by atoms with van der Waals surface area (Å²) >= 11 is 0. The molecule has 1 aliphatic heterocycles. The number of carbonyl (C=O) groups excluding carboxylic acids is 1. The van der Waals surface area contributed by atoms with Gasteiger partial charge in [0.05, 0.1) is 12.8 Å². The second-order valence-corrected chi connectivity index (χ2v) is 5.83. The van der Waals surface area contributed by atoms with Crippen LogP contribution in [0.1, 0.15) is 0 Å². The lowest BCUT2D eigenvalue weighted by Crippen LogP contribution is -2.50. The first-order valence-corrected chi connectivity index (χ1v) is 8.08. The lowest BCUT2D eigenvalue weighted by atomic mass is 10.2. The van der Waals surface area contributed by atoms with Gasteiger partial charge in [-0.05, 0) is 36.4 Å². The molecule has 5 nitrogen and oxygen atoms in total. The molecule has 1 aliphatic rings. The Bertz CT molecular complexity index is 791. The molecule has 0 radical (unpaired) electrons. The zero-order valence-corrected chi connectivity index (χ0v) is 14.1. The summed E-state index contributed by atoms with van der Waals surface area (Å²) in [5, 5.41) is 2.29. The lowest BCUT2D eigenvalue weighted by molar-refractivity contribution is 0.208. The number of nitrogens with zero attached hydrogens (tertiary/aromatic N) is 2. The predicted molar refractivity (Wildman–Crippen MR) is 92.1 cm³/mol. The highest BCUT2D eigenvalue weighted by Gasteiger charge is 2.23. The smallest absolute Gasteiger partial charge is 0.322 e. The minimum absolute atomic E-state index is 0.383. The Balaban J connectivity index is 1.59. The van der Waals surface area contributed by atoms with E-state index in [0.717, 1.165) is 23.6 Å². The van der Waals surface area contributed by atoms with Crippen LogP contribution in [0.2, 0.25) is 0 Å². The largest absolute Gasteiger partial charge is 0.497 e. The zero-order chi connectivity index (χ0) is 18.7. The summed E-state index contributed by atoms with van der Waals surface area (Å²) < 4.78 is 45.0. The van der Waals surface area contributed by atoms with Crippen LogP contribution in [0.15, 0.2) is 36.4 Å². The molecular weight excluding hydrogens is 347 g/mol. The maximum atomic E-state index is 13.7. The summed E-state index contributed by atoms with van der Waals surface area (Å²) in [7, 11) is 1.60. The molecule has 8 heteroatoms. The van der Waals surface area contributed by atoms with Gasteiger partial charge >= 0.3 is 6.03 Å². The topological polar surface area (TPSA) is 44.8 Å². The summed E-state index contributed by atoms with van der Waals surface area (Å²) in [4.78, 5) is 15.9. The van der Waals surface area contributed by atoms with E-state index in [9.17, 15) is 18.0 Å². The number of carbonyl (C=O) groups is 1. The molecule has 1 heterocycles. The number of ether oxygens (including phenoxy) is 1. The number of anilines is 2. The standard InChI is InChI=1S/C18H18F3N3O2/c1-26-13-4-2-12(3-5-13)23-8-10-24(11-9-23)18(25)22-15-7-6-14(19)16(20)17(15)21/h2-7H,8-11H2,1H3,(H,22,25). The Morgan fingerprint density at radius 1 is 0.962 bits per heavy atom. The van der Waals surface area contributed by atoms with Crippen LogP contribution in [0, 0.1) is 17.5 Å². The third kappa shape index (κ3) is 3.68. The van der Waals surface area contributed by atoms with E-state index in [4.69, 9.17) is 4.74 Å². The SMILES string of the molecule is COc1ccc(N2CCN(C(=O)Nc3ccc(F)c(F)c3F)CC2)cc1. The van der Waals surface area contributed by atoms with Crippen molar-refractivity contribution in [2.24, 2.45) is 0 Å². The summed E-state index contributed by atoms with van der Waals surface area (Å²) in [6, 6.07) is 8.82. The van der Waals surface area contributed by atoms with Crippen LogP contribution in [0.5, 0.6) is 5.75 Å². The van der Waals surface area contributed by atoms with Crippen LogP contribution >= 0.6 is 0 Å². The van der Waals surface area contributed by atoms with Gasteiger partial charge in [-0.15, -0.1) is 0 Å². The van der Waals surface area contributed by atoms with E-state index in [-0.39, 0.29) is 5.69 Å². The normalized spacial score (nSPS) is 14.3. The van der Waals surface area contributed by atoms with Gasteiger partial charge in [0.1, 0.15) is 5.75 Å². The van der Waals surface area contributed by atoms with Crippen molar-refractivity contribution in [3.63, 3.8) is 0 Å². The molecule has 1 saturated heterocycles. The Morgan fingerprint density at radius 3 is 2.23 bits per heavy atom. The molecule has 0 aromatic heterocycles. The van der Waals surface area contributed by atoms with Crippen molar-refractivity contribution in [1.82, 2.24) is 4.90 Å². The van der Waals surface area contributed by atoms with E-state index in [2.05, 4.69) is 10.2 Å². The maximum absolute atomic E-state index is 13.7. The number of methoxy groups -OCH3 is 1. The van der Waals surface area contributed by atoms with E-state index in [0.29, 0.717) is 26.2 Å². The lowest BCUT2D eigenvalue weighted by Gasteiger charge is -2.36. The molecule has 0 unspecified atom stereocenters. The Kier molecular flexibility index (Phi) is 5.20. The van der Waals surface area contributed by atoms with E-state index >= 15 is 0 Å². The summed E-state index contributed by atoms with van der Waals surface area (Å²) in [6.07, 6.45) is 0. The molecule has 2 aromatic carbocycles. The van der Waals surface area contributed by atoms with Gasteiger partial charge in [-0.2, -0.15) is 0 Å². The Labute approximate surface area is 149 Å². The number of hydrogen-bond acceptors (Lipinski definition) is 3. The van der Waals surface area contributed by atoms with Crippen LogP contribution in [0.4, 0.5) is 29.3 Å². The van der Waals surface area contributed by atoms with Crippen molar-refractivity contribution in [3.05, 3.63) is 53.8 Å². The number of rotatable bonds is 3. The van der Waals surface area contributed by atoms with Crippen LogP contribution in [-0.2, 0) is 0 Å². The molecule has 2 aromatic rings. The Morgan fingerprint density at radius 2 is 1.62 bits per heavy atom. The first-order chi connectivity index (χ1) is 12.5. The number of halogens is 3.